The van der Waals surface area contributed by atoms with Crippen LogP contribution in [0.15, 0.2) is 0 Å². The first-order valence-electron chi connectivity index (χ1n) is 5.53. The largest absolute Gasteiger partial charge is 0.490 e. The van der Waals surface area contributed by atoms with Crippen molar-refractivity contribution in [3.05, 3.63) is 0 Å². The fraction of sp³-hybridized carbons (Fsp3) is 0.667. The predicted octanol–water partition coefficient (Wildman–Crippen LogP) is -2.45. The van der Waals surface area contributed by atoms with Crippen molar-refractivity contribution in [2.24, 2.45) is 0 Å². The number of Topliss-reactive ketones (excluding diaryl/α,β-unsaturated/α-hetero) is 1. The first-order chi connectivity index (χ1) is 10.7. The van der Waals surface area contributed by atoms with Crippen LogP contribution in [0.4, 0.5) is 0 Å². The molecule has 15 nitrogen and oxygen atoms in total. The number of esters is 1. The lowest BCUT2D eigenvalue weighted by Crippen LogP contribution is -2.37. The van der Waals surface area contributed by atoms with Crippen molar-refractivity contribution in [3.63, 3.8) is 0 Å². The van der Waals surface area contributed by atoms with E-state index < -0.39 is 60.1 Å². The summed E-state index contributed by atoms with van der Waals surface area (Å²) in [6.07, 6.45) is -6.27. The molecule has 1 rings (SSSR count). The highest BCUT2D eigenvalue weighted by Gasteiger charge is 2.52. The SMILES string of the molecule is O=C1O[C@H]([C@@H](O)CO)C(=O)C1OP(=O)(O)OP(=O)(O)OP(=O)(O)O. The van der Waals surface area contributed by atoms with Crippen LogP contribution in [0.5, 0.6) is 0 Å². The van der Waals surface area contributed by atoms with Gasteiger partial charge in [0.05, 0.1) is 6.61 Å². The molecule has 1 aliphatic heterocycles. The number of aliphatic hydroxyl groups is 2. The Bertz CT molecular complexity index is 650. The van der Waals surface area contributed by atoms with Crippen molar-refractivity contribution in [3.8, 4) is 0 Å². The van der Waals surface area contributed by atoms with E-state index in [2.05, 4.69) is 17.9 Å². The summed E-state index contributed by atoms with van der Waals surface area (Å²) < 4.78 is 48.0. The van der Waals surface area contributed by atoms with Crippen molar-refractivity contribution < 1.29 is 71.0 Å². The standard InChI is InChI=1S/C6H11O15P3/c7-1-2(8)4-3(9)5(6(10)18-4)19-23(14,15)21-24(16,17)20-22(11,12)13/h2,4-5,7-8H,1H2,(H,14,15)(H,16,17)(H2,11,12,13)/t2-,4+,5?/m0/s1. The predicted molar refractivity (Wildman–Crippen MR) is 66.7 cm³/mol. The van der Waals surface area contributed by atoms with Gasteiger partial charge in [0.25, 0.3) is 0 Å². The topological polar surface area (TPSA) is 244 Å². The zero-order valence-electron chi connectivity index (χ0n) is 11.1. The molecule has 3 unspecified atom stereocenters. The van der Waals surface area contributed by atoms with Gasteiger partial charge in [0.15, 0.2) is 6.10 Å². The zero-order chi connectivity index (χ0) is 18.9. The molecule has 0 aromatic carbocycles. The van der Waals surface area contributed by atoms with Gasteiger partial charge in [-0.25, -0.2) is 18.5 Å². The Balaban J connectivity index is 2.86. The summed E-state index contributed by atoms with van der Waals surface area (Å²) in [5.41, 5.74) is 0. The average molecular weight is 416 g/mol. The third kappa shape index (κ3) is 6.08. The van der Waals surface area contributed by atoms with Gasteiger partial charge in [0.2, 0.25) is 11.9 Å². The monoisotopic (exact) mass is 416 g/mol. The molecule has 140 valence electrons. The van der Waals surface area contributed by atoms with Crippen molar-refractivity contribution in [1.29, 1.82) is 0 Å². The third-order valence-corrected chi connectivity index (χ3v) is 5.99. The maximum atomic E-state index is 11.7. The molecule has 1 fully saturated rings. The van der Waals surface area contributed by atoms with Crippen LogP contribution in [-0.2, 0) is 41.2 Å². The summed E-state index contributed by atoms with van der Waals surface area (Å²) >= 11 is 0. The van der Waals surface area contributed by atoms with Gasteiger partial charge in [-0.15, -0.1) is 0 Å². The molecule has 0 aliphatic carbocycles. The van der Waals surface area contributed by atoms with Crippen LogP contribution in [0.3, 0.4) is 0 Å². The van der Waals surface area contributed by atoms with E-state index in [0.717, 1.165) is 0 Å². The highest BCUT2D eigenvalue weighted by atomic mass is 31.3. The van der Waals surface area contributed by atoms with Gasteiger partial charge in [0, 0.05) is 0 Å². The fourth-order valence-electron chi connectivity index (χ4n) is 1.40. The van der Waals surface area contributed by atoms with Gasteiger partial charge in [-0.05, 0) is 0 Å². The van der Waals surface area contributed by atoms with Gasteiger partial charge in [-0.3, -0.25) is 9.32 Å². The number of carbonyl (C=O) groups excluding carboxylic acids is 2. The Hall–Kier alpha value is -0.530. The minimum atomic E-state index is -5.83. The van der Waals surface area contributed by atoms with E-state index >= 15 is 0 Å². The number of carbonyl (C=O) groups is 2. The summed E-state index contributed by atoms with van der Waals surface area (Å²) in [7, 11) is -17.2. The Morgan fingerprint density at radius 1 is 1.04 bits per heavy atom. The van der Waals surface area contributed by atoms with Crippen LogP contribution in [-0.4, -0.2) is 66.5 Å². The molecule has 0 spiro atoms. The van der Waals surface area contributed by atoms with E-state index in [1.54, 1.807) is 0 Å². The van der Waals surface area contributed by atoms with Crippen LogP contribution >= 0.6 is 23.5 Å². The summed E-state index contributed by atoms with van der Waals surface area (Å²) in [6.45, 7) is -1.01. The molecule has 0 aromatic rings. The summed E-state index contributed by atoms with van der Waals surface area (Å²) in [4.78, 5) is 57.8. The van der Waals surface area contributed by atoms with Crippen LogP contribution in [0.2, 0.25) is 0 Å². The fourth-order valence-corrected chi connectivity index (χ4v) is 4.52. The van der Waals surface area contributed by atoms with Crippen molar-refractivity contribution in [2.45, 2.75) is 18.3 Å². The summed E-state index contributed by atoms with van der Waals surface area (Å²) in [5.74, 6) is -3.00. The molecular formula is C6H11O15P3. The molecule has 18 heteroatoms. The van der Waals surface area contributed by atoms with Crippen LogP contribution in [0.1, 0.15) is 0 Å². The van der Waals surface area contributed by atoms with Gasteiger partial charge in [-0.2, -0.15) is 8.62 Å². The van der Waals surface area contributed by atoms with E-state index in [9.17, 15) is 33.3 Å². The number of hydrogen-bond donors (Lipinski definition) is 6. The second kappa shape index (κ2) is 7.38. The van der Waals surface area contributed by atoms with Crippen LogP contribution < -0.4 is 0 Å². The van der Waals surface area contributed by atoms with E-state index in [1.807, 2.05) is 0 Å². The Labute approximate surface area is 132 Å². The molecule has 24 heavy (non-hydrogen) atoms. The van der Waals surface area contributed by atoms with Crippen molar-refractivity contribution >= 4 is 35.2 Å². The van der Waals surface area contributed by atoms with E-state index in [1.165, 1.54) is 0 Å². The van der Waals surface area contributed by atoms with Crippen LogP contribution in [0.25, 0.3) is 0 Å². The van der Waals surface area contributed by atoms with Gasteiger partial charge in [-0.1, -0.05) is 0 Å². The van der Waals surface area contributed by atoms with Gasteiger partial charge < -0.3 is 34.5 Å². The molecule has 1 saturated heterocycles. The van der Waals surface area contributed by atoms with Gasteiger partial charge >= 0.3 is 29.4 Å². The molecule has 1 aliphatic rings. The highest BCUT2D eigenvalue weighted by Crippen LogP contribution is 2.66. The molecule has 0 saturated carbocycles. The maximum Gasteiger partial charge on any atom is 0.490 e. The number of ketones is 1. The minimum absolute atomic E-state index is 1.01. The molecule has 1 heterocycles. The van der Waals surface area contributed by atoms with Gasteiger partial charge in [0.1, 0.15) is 6.10 Å². The smallest absolute Gasteiger partial charge is 0.449 e. The lowest BCUT2D eigenvalue weighted by Gasteiger charge is -2.17. The Morgan fingerprint density at radius 3 is 2.04 bits per heavy atom. The van der Waals surface area contributed by atoms with Crippen molar-refractivity contribution in [2.75, 3.05) is 6.61 Å². The first kappa shape index (κ1) is 21.5. The summed E-state index contributed by atoms with van der Waals surface area (Å²) in [6, 6.07) is 0. The number of rotatable bonds is 8. The molecule has 5 atom stereocenters. The second-order valence-corrected chi connectivity index (χ2v) is 8.46. The maximum absolute atomic E-state index is 11.7. The summed E-state index contributed by atoms with van der Waals surface area (Å²) in [5, 5.41) is 17.9. The number of phosphoric ester groups is 1. The number of ether oxygens (including phenoxy) is 1. The van der Waals surface area contributed by atoms with Crippen LogP contribution in [0, 0.1) is 0 Å². The van der Waals surface area contributed by atoms with Crippen molar-refractivity contribution in [1.82, 2.24) is 0 Å². The number of aliphatic hydroxyl groups excluding tert-OH is 2. The average Bonchev–Trinajstić information content (AvgIpc) is 2.61. The second-order valence-electron chi connectivity index (χ2n) is 4.09. The first-order valence-corrected chi connectivity index (χ1v) is 10.0. The molecule has 0 bridgehead atoms. The minimum Gasteiger partial charge on any atom is -0.449 e. The van der Waals surface area contributed by atoms with E-state index in [4.69, 9.17) is 19.8 Å². The van der Waals surface area contributed by atoms with E-state index in [-0.39, 0.29) is 0 Å². The molecular weight excluding hydrogens is 405 g/mol. The zero-order valence-corrected chi connectivity index (χ0v) is 13.8. The molecule has 0 radical (unpaired) electrons. The normalized spacial score (nSPS) is 28.1. The molecule has 0 aromatic heterocycles. The lowest BCUT2D eigenvalue weighted by atomic mass is 10.1. The number of cyclic esters (lactones) is 1. The molecule has 6 N–H and O–H groups in total. The molecule has 0 amide bonds. The third-order valence-electron chi connectivity index (χ3n) is 2.19. The Kier molecular flexibility index (Phi) is 6.61. The number of hydrogen-bond acceptors (Lipinski definition) is 11. The van der Waals surface area contributed by atoms with E-state index in [0.29, 0.717) is 0 Å². The number of phosphoric acid groups is 3. The highest BCUT2D eigenvalue weighted by molar-refractivity contribution is 7.66. The quantitative estimate of drug-likeness (QED) is 0.137. The Morgan fingerprint density at radius 2 is 1.58 bits per heavy atom. The lowest BCUT2D eigenvalue weighted by molar-refractivity contribution is -0.151.